The quantitative estimate of drug-likeness (QED) is 0.537. The van der Waals surface area contributed by atoms with Gasteiger partial charge in [0.1, 0.15) is 29.8 Å². The minimum atomic E-state index is -1.28. The number of likely N-dealkylation sites (tertiary alicyclic amines) is 1. The van der Waals surface area contributed by atoms with Gasteiger partial charge in [0, 0.05) is 6.42 Å². The second-order valence-electron chi connectivity index (χ2n) is 9.94. The second kappa shape index (κ2) is 9.98. The fourth-order valence-corrected chi connectivity index (χ4v) is 4.54. The molecule has 2 N–H and O–H groups in total. The van der Waals surface area contributed by atoms with Gasteiger partial charge >= 0.3 is 0 Å². The number of aromatic amines is 1. The molecule has 7 nitrogen and oxygen atoms in total. The lowest BCUT2D eigenvalue weighted by Gasteiger charge is -2.32. The molecule has 2 heterocycles. The number of carbonyl (C=O) groups excluding carboxylic acids is 2. The van der Waals surface area contributed by atoms with Crippen LogP contribution in [0.1, 0.15) is 68.6 Å². The lowest BCUT2D eigenvalue weighted by atomic mass is 9.90. The van der Waals surface area contributed by atoms with E-state index in [0.29, 0.717) is 11.7 Å². The minimum Gasteiger partial charge on any atom is -0.343 e. The maximum Gasteiger partial charge on any atom is 0.243 e. The van der Waals surface area contributed by atoms with Crippen molar-refractivity contribution in [3.05, 3.63) is 83.4 Å². The van der Waals surface area contributed by atoms with Gasteiger partial charge in [0.05, 0.1) is 12.6 Å². The summed E-state index contributed by atoms with van der Waals surface area (Å²) in [6.07, 6.45) is 0.00401. The number of nitrogens with one attached hydrogen (secondary N) is 2. The van der Waals surface area contributed by atoms with Crippen LogP contribution < -0.4 is 5.32 Å². The molecule has 1 aromatic heterocycles. The van der Waals surface area contributed by atoms with Crippen molar-refractivity contribution < 1.29 is 14.0 Å². The lowest BCUT2D eigenvalue weighted by Crippen LogP contribution is -2.52. The first-order chi connectivity index (χ1) is 16.7. The molecule has 3 unspecified atom stereocenters. The van der Waals surface area contributed by atoms with Crippen LogP contribution in [0.5, 0.6) is 0 Å². The summed E-state index contributed by atoms with van der Waals surface area (Å²) < 4.78 is 14.6. The van der Waals surface area contributed by atoms with Crippen molar-refractivity contribution in [1.29, 1.82) is 0 Å². The number of halogens is 1. The number of hydrogen-bond donors (Lipinski definition) is 2. The third-order valence-electron chi connectivity index (χ3n) is 6.71. The highest BCUT2D eigenvalue weighted by molar-refractivity contribution is 5.93. The van der Waals surface area contributed by atoms with Crippen molar-refractivity contribution in [2.24, 2.45) is 0 Å². The maximum atomic E-state index is 14.6. The number of carbonyl (C=O) groups is 2. The van der Waals surface area contributed by atoms with E-state index in [1.165, 1.54) is 16.8 Å². The highest BCUT2D eigenvalue weighted by atomic mass is 19.1. The fraction of sp³-hybridized carbons (Fsp3) is 0.407. The molecule has 1 aliphatic heterocycles. The smallest absolute Gasteiger partial charge is 0.243 e. The molecule has 1 aliphatic rings. The Kier molecular flexibility index (Phi) is 7.00. The van der Waals surface area contributed by atoms with Crippen molar-refractivity contribution in [3.8, 4) is 0 Å². The Bertz CT molecular complexity index is 1150. The summed E-state index contributed by atoms with van der Waals surface area (Å²) in [6, 6.07) is 16.4. The minimum absolute atomic E-state index is 0.0438. The summed E-state index contributed by atoms with van der Waals surface area (Å²) in [5.74, 6) is 0.0122. The molecular formula is C27H32FN5O2. The van der Waals surface area contributed by atoms with Gasteiger partial charge in [0.2, 0.25) is 11.8 Å². The molecule has 2 amide bonds. The third kappa shape index (κ3) is 5.11. The number of amides is 2. The van der Waals surface area contributed by atoms with E-state index in [-0.39, 0.29) is 24.8 Å². The van der Waals surface area contributed by atoms with Crippen LogP contribution in [-0.2, 0) is 15.0 Å². The number of aromatic nitrogens is 3. The first-order valence-corrected chi connectivity index (χ1v) is 11.9. The predicted molar refractivity (Wildman–Crippen MR) is 131 cm³/mol. The largest absolute Gasteiger partial charge is 0.343 e. The zero-order valence-electron chi connectivity index (χ0n) is 20.5. The Morgan fingerprint density at radius 2 is 1.69 bits per heavy atom. The maximum absolute atomic E-state index is 14.6. The van der Waals surface area contributed by atoms with Gasteiger partial charge in [-0.25, -0.2) is 9.37 Å². The molecule has 8 heteroatoms. The standard InChI is InChI=1S/C27H32FN5O2/c1-17(2)18-10-12-20(13-11-18)23(19-8-6-5-7-9-19)31-24(34)22-14-21(28)15-33(22)26(35)27(3,4)25-29-16-30-32-25/h5-13,16-17,21-23H,14-15H2,1-4H3,(H,31,34)(H,29,30,32). The number of rotatable bonds is 7. The molecule has 1 saturated heterocycles. The number of nitrogens with zero attached hydrogens (tertiary/aromatic N) is 3. The normalized spacial score (nSPS) is 19.1. The molecule has 0 saturated carbocycles. The Morgan fingerprint density at radius 1 is 1.06 bits per heavy atom. The Balaban J connectivity index is 1.60. The van der Waals surface area contributed by atoms with E-state index in [4.69, 9.17) is 0 Å². The third-order valence-corrected chi connectivity index (χ3v) is 6.71. The summed E-state index contributed by atoms with van der Waals surface area (Å²) in [5, 5.41) is 9.65. The van der Waals surface area contributed by atoms with Crippen LogP contribution in [0.2, 0.25) is 0 Å². The predicted octanol–water partition coefficient (Wildman–Crippen LogP) is 4.05. The van der Waals surface area contributed by atoms with Crippen LogP contribution in [0.4, 0.5) is 4.39 Å². The van der Waals surface area contributed by atoms with Crippen LogP contribution >= 0.6 is 0 Å². The van der Waals surface area contributed by atoms with Gasteiger partial charge in [-0.1, -0.05) is 68.4 Å². The van der Waals surface area contributed by atoms with E-state index in [2.05, 4.69) is 46.5 Å². The van der Waals surface area contributed by atoms with E-state index in [1.54, 1.807) is 13.8 Å². The van der Waals surface area contributed by atoms with E-state index < -0.39 is 23.7 Å². The van der Waals surface area contributed by atoms with Crippen molar-refractivity contribution in [1.82, 2.24) is 25.4 Å². The van der Waals surface area contributed by atoms with Crippen LogP contribution in [0.3, 0.4) is 0 Å². The molecule has 0 spiro atoms. The molecule has 35 heavy (non-hydrogen) atoms. The van der Waals surface area contributed by atoms with E-state index >= 15 is 0 Å². The van der Waals surface area contributed by atoms with Gasteiger partial charge in [-0.05, 0) is 36.5 Å². The van der Waals surface area contributed by atoms with Gasteiger partial charge in [-0.3, -0.25) is 14.7 Å². The first kappa shape index (κ1) is 24.6. The highest BCUT2D eigenvalue weighted by Gasteiger charge is 2.46. The van der Waals surface area contributed by atoms with Gasteiger partial charge < -0.3 is 10.2 Å². The molecule has 184 valence electrons. The van der Waals surface area contributed by atoms with Gasteiger partial charge in [0.15, 0.2) is 0 Å². The van der Waals surface area contributed by atoms with Crippen molar-refractivity contribution in [2.45, 2.75) is 63.7 Å². The topological polar surface area (TPSA) is 91.0 Å². The Labute approximate surface area is 205 Å². The average Bonchev–Trinajstić information content (AvgIpc) is 3.53. The van der Waals surface area contributed by atoms with Gasteiger partial charge in [-0.2, -0.15) is 5.10 Å². The number of hydrogen-bond acceptors (Lipinski definition) is 4. The van der Waals surface area contributed by atoms with Gasteiger partial charge in [-0.15, -0.1) is 0 Å². The lowest BCUT2D eigenvalue weighted by molar-refractivity contribution is -0.142. The van der Waals surface area contributed by atoms with E-state index in [0.717, 1.165) is 11.1 Å². The van der Waals surface area contributed by atoms with Crippen LogP contribution in [-0.4, -0.2) is 50.7 Å². The molecule has 4 rings (SSSR count). The summed E-state index contributed by atoms with van der Waals surface area (Å²) in [5.41, 5.74) is 1.95. The number of alkyl halides is 1. The second-order valence-corrected chi connectivity index (χ2v) is 9.94. The highest BCUT2D eigenvalue weighted by Crippen LogP contribution is 2.30. The molecular weight excluding hydrogens is 445 g/mol. The van der Waals surface area contributed by atoms with Crippen LogP contribution in [0.15, 0.2) is 60.9 Å². The average molecular weight is 478 g/mol. The number of benzene rings is 2. The fourth-order valence-electron chi connectivity index (χ4n) is 4.54. The van der Waals surface area contributed by atoms with E-state index in [9.17, 15) is 14.0 Å². The molecule has 1 fully saturated rings. The van der Waals surface area contributed by atoms with Crippen LogP contribution in [0.25, 0.3) is 0 Å². The summed E-state index contributed by atoms with van der Waals surface area (Å²) in [6.45, 7) is 7.52. The summed E-state index contributed by atoms with van der Waals surface area (Å²) in [7, 11) is 0. The first-order valence-electron chi connectivity index (χ1n) is 11.9. The summed E-state index contributed by atoms with van der Waals surface area (Å²) >= 11 is 0. The molecule has 0 aliphatic carbocycles. The SMILES string of the molecule is CC(C)c1ccc(C(NC(=O)C2CC(F)CN2C(=O)C(C)(C)c2ncn[nH]2)c2ccccc2)cc1. The van der Waals surface area contributed by atoms with Crippen LogP contribution in [0, 0.1) is 0 Å². The molecule has 3 aromatic rings. The monoisotopic (exact) mass is 477 g/mol. The molecule has 0 bridgehead atoms. The van der Waals surface area contributed by atoms with Gasteiger partial charge in [0.25, 0.3) is 0 Å². The molecule has 3 atom stereocenters. The van der Waals surface area contributed by atoms with Crippen molar-refractivity contribution in [2.75, 3.05) is 6.54 Å². The Hall–Kier alpha value is -3.55. The summed E-state index contributed by atoms with van der Waals surface area (Å²) in [4.78, 5) is 32.4. The van der Waals surface area contributed by atoms with Crippen molar-refractivity contribution in [3.63, 3.8) is 0 Å². The Morgan fingerprint density at radius 3 is 2.29 bits per heavy atom. The van der Waals surface area contributed by atoms with E-state index in [1.807, 2.05) is 42.5 Å². The number of H-pyrrole nitrogens is 1. The molecule has 0 radical (unpaired) electrons. The molecule has 2 aromatic carbocycles. The zero-order chi connectivity index (χ0) is 25.2. The zero-order valence-corrected chi connectivity index (χ0v) is 20.5. The van der Waals surface area contributed by atoms with Crippen molar-refractivity contribution >= 4 is 11.8 Å².